The van der Waals surface area contributed by atoms with Crippen LogP contribution >= 0.6 is 23.4 Å². The van der Waals surface area contributed by atoms with E-state index in [1.807, 2.05) is 24.9 Å². The number of aromatic nitrogens is 2. The first-order valence-electron chi connectivity index (χ1n) is 10.3. The van der Waals surface area contributed by atoms with Crippen LogP contribution in [0.25, 0.3) is 0 Å². The number of hydrazone groups is 1. The van der Waals surface area contributed by atoms with Gasteiger partial charge in [0.05, 0.1) is 25.4 Å². The molecule has 0 radical (unpaired) electrons. The van der Waals surface area contributed by atoms with Gasteiger partial charge in [-0.05, 0) is 26.3 Å². The monoisotopic (exact) mass is 454 g/mol. The number of ether oxygens (including phenoxy) is 3. The van der Waals surface area contributed by atoms with Crippen molar-refractivity contribution in [2.45, 2.75) is 75.3 Å². The molecule has 1 aromatic rings. The van der Waals surface area contributed by atoms with E-state index in [-0.39, 0.29) is 37.6 Å². The van der Waals surface area contributed by atoms with E-state index in [4.69, 9.17) is 30.8 Å². The Bertz CT molecular complexity index is 848. The Kier molecular flexibility index (Phi) is 6.70. The van der Waals surface area contributed by atoms with Gasteiger partial charge in [-0.15, -0.1) is 5.10 Å². The number of allylic oxidation sites excluding steroid dienone is 1. The molecule has 2 aliphatic heterocycles. The fourth-order valence-electron chi connectivity index (χ4n) is 4.09. The molecule has 4 rings (SSSR count). The topological polar surface area (TPSA) is 89.3 Å². The van der Waals surface area contributed by atoms with Gasteiger partial charge in [0.2, 0.25) is 0 Å². The Morgan fingerprint density at radius 3 is 2.93 bits per heavy atom. The molecule has 3 heterocycles. The minimum Gasteiger partial charge on any atom is -0.394 e. The zero-order valence-corrected chi connectivity index (χ0v) is 18.9. The highest BCUT2D eigenvalue weighted by Crippen LogP contribution is 2.44. The molecule has 1 saturated carbocycles. The predicted molar refractivity (Wildman–Crippen MR) is 115 cm³/mol. The van der Waals surface area contributed by atoms with Gasteiger partial charge < -0.3 is 19.3 Å². The maximum atomic E-state index is 9.21. The number of thioether (sulfide) groups is 1. The lowest BCUT2D eigenvalue weighted by Gasteiger charge is -2.30. The molecule has 1 aromatic heterocycles. The molecule has 4 unspecified atom stereocenters. The van der Waals surface area contributed by atoms with E-state index in [2.05, 4.69) is 22.9 Å². The minimum absolute atomic E-state index is 0.0446. The summed E-state index contributed by atoms with van der Waals surface area (Å²) in [5.41, 5.74) is 0.820. The van der Waals surface area contributed by atoms with Crippen LogP contribution < -0.4 is 5.01 Å². The number of hydrogen-bond donors (Lipinski definition) is 1. The summed E-state index contributed by atoms with van der Waals surface area (Å²) in [5, 5.41) is 16.7. The van der Waals surface area contributed by atoms with Crippen molar-refractivity contribution in [1.29, 1.82) is 0 Å². The second-order valence-corrected chi connectivity index (χ2v) is 9.35. The summed E-state index contributed by atoms with van der Waals surface area (Å²) in [7, 11) is 0. The van der Waals surface area contributed by atoms with Gasteiger partial charge in [0.1, 0.15) is 17.4 Å². The van der Waals surface area contributed by atoms with Crippen molar-refractivity contribution in [1.82, 2.24) is 9.97 Å². The first kappa shape index (κ1) is 22.0. The summed E-state index contributed by atoms with van der Waals surface area (Å²) in [6, 6.07) is -0.173. The number of aliphatic hydroxyl groups excluding tert-OH is 1. The normalized spacial score (nSPS) is 29.2. The van der Waals surface area contributed by atoms with Crippen LogP contribution in [0.15, 0.2) is 16.3 Å². The average molecular weight is 455 g/mol. The standard InChI is InChI=1S/C20H27ClN4O4S/c1-4-10-30-19-23-17(21)12-6-5-7-22-25(18(12)24-19)13-11-14(27-9-8-26)16-15(13)28-20(2,3)29-16/h5,13-16,26H,4,6,8-11H2,1-3H3. The summed E-state index contributed by atoms with van der Waals surface area (Å²) in [5.74, 6) is 3.84. The second kappa shape index (κ2) is 9.12. The number of fused-ring (bicyclic) bond motifs is 2. The van der Waals surface area contributed by atoms with Crippen LogP contribution in [0.4, 0.5) is 5.82 Å². The number of hydrogen-bond acceptors (Lipinski definition) is 9. The molecule has 10 heteroatoms. The molecular formula is C20H27ClN4O4S. The van der Waals surface area contributed by atoms with E-state index in [9.17, 15) is 5.11 Å². The molecule has 0 bridgehead atoms. The zero-order chi connectivity index (χ0) is 21.3. The lowest BCUT2D eigenvalue weighted by atomic mass is 10.1. The molecule has 8 nitrogen and oxygen atoms in total. The first-order valence-corrected chi connectivity index (χ1v) is 11.6. The molecule has 1 aliphatic carbocycles. The van der Waals surface area contributed by atoms with Crippen molar-refractivity contribution in [3.63, 3.8) is 0 Å². The van der Waals surface area contributed by atoms with Crippen LogP contribution in [0.2, 0.25) is 5.15 Å². The van der Waals surface area contributed by atoms with E-state index < -0.39 is 5.79 Å². The van der Waals surface area contributed by atoms with Gasteiger partial charge in [-0.3, -0.25) is 0 Å². The van der Waals surface area contributed by atoms with Crippen LogP contribution in [0, 0.1) is 0 Å². The molecule has 1 N–H and O–H groups in total. The van der Waals surface area contributed by atoms with E-state index >= 15 is 0 Å². The van der Waals surface area contributed by atoms with Gasteiger partial charge in [0.15, 0.2) is 16.8 Å². The smallest absolute Gasteiger partial charge is 0.191 e. The maximum absolute atomic E-state index is 9.21. The Labute approximate surface area is 185 Å². The van der Waals surface area contributed by atoms with E-state index in [0.29, 0.717) is 29.0 Å². The summed E-state index contributed by atoms with van der Waals surface area (Å²) in [6.07, 6.45) is 3.29. The Balaban J connectivity index is 1.69. The summed E-state index contributed by atoms with van der Waals surface area (Å²) in [6.45, 7) is 6.10. The quantitative estimate of drug-likeness (QED) is 0.382. The van der Waals surface area contributed by atoms with E-state index in [1.165, 1.54) is 0 Å². The average Bonchev–Trinajstić information content (AvgIpc) is 3.08. The van der Waals surface area contributed by atoms with Crippen LogP contribution in [0.1, 0.15) is 39.2 Å². The number of halogens is 1. The van der Waals surface area contributed by atoms with Gasteiger partial charge in [0, 0.05) is 30.0 Å². The van der Waals surface area contributed by atoms with Crippen molar-refractivity contribution in [2.75, 3.05) is 24.0 Å². The summed E-state index contributed by atoms with van der Waals surface area (Å²) >= 11 is 8.11. The van der Waals surface area contributed by atoms with Gasteiger partial charge in [-0.1, -0.05) is 30.3 Å². The lowest BCUT2D eigenvalue weighted by Crippen LogP contribution is -2.41. The molecule has 3 aliphatic rings. The van der Waals surface area contributed by atoms with E-state index in [1.54, 1.807) is 11.8 Å². The van der Waals surface area contributed by atoms with Gasteiger partial charge in [-0.25, -0.2) is 15.0 Å². The van der Waals surface area contributed by atoms with Gasteiger partial charge in [-0.2, -0.15) is 0 Å². The van der Waals surface area contributed by atoms with Crippen molar-refractivity contribution >= 4 is 35.1 Å². The molecule has 0 aromatic carbocycles. The largest absolute Gasteiger partial charge is 0.394 e. The van der Waals surface area contributed by atoms with Crippen molar-refractivity contribution in [3.8, 4) is 0 Å². The fraction of sp³-hybridized carbons (Fsp3) is 0.700. The van der Waals surface area contributed by atoms with Gasteiger partial charge >= 0.3 is 0 Å². The predicted octanol–water partition coefficient (Wildman–Crippen LogP) is 2.81. The molecule has 4 atom stereocenters. The number of anilines is 1. The Morgan fingerprint density at radius 1 is 1.37 bits per heavy atom. The van der Waals surface area contributed by atoms with Crippen LogP contribution in [0.5, 0.6) is 0 Å². The molecule has 30 heavy (non-hydrogen) atoms. The van der Waals surface area contributed by atoms with Crippen molar-refractivity contribution in [3.05, 3.63) is 16.8 Å². The molecular weight excluding hydrogens is 428 g/mol. The molecule has 164 valence electrons. The summed E-state index contributed by atoms with van der Waals surface area (Å²) in [4.78, 5) is 9.26. The number of nitrogens with zero attached hydrogens (tertiary/aromatic N) is 4. The van der Waals surface area contributed by atoms with Crippen LogP contribution in [-0.2, 0) is 20.6 Å². The molecule has 1 saturated heterocycles. The van der Waals surface area contributed by atoms with E-state index in [0.717, 1.165) is 17.7 Å². The molecule has 0 spiro atoms. The highest BCUT2D eigenvalue weighted by atomic mass is 35.5. The molecule has 0 amide bonds. The lowest BCUT2D eigenvalue weighted by molar-refractivity contribution is -0.168. The summed E-state index contributed by atoms with van der Waals surface area (Å²) < 4.78 is 18.3. The fourth-order valence-corrected chi connectivity index (χ4v) is 5.08. The third kappa shape index (κ3) is 4.39. The number of rotatable bonds is 7. The molecule has 2 fully saturated rings. The third-order valence-electron chi connectivity index (χ3n) is 5.25. The maximum Gasteiger partial charge on any atom is 0.191 e. The SMILES string of the molecule is CCCSc1nc(Cl)c2c(n1)N(C1CC(OCCO)C3OC(C)(C)OC31)N=C=CC2. The Morgan fingerprint density at radius 2 is 2.17 bits per heavy atom. The zero-order valence-electron chi connectivity index (χ0n) is 17.4. The van der Waals surface area contributed by atoms with Crippen molar-refractivity contribution in [2.24, 2.45) is 5.10 Å². The third-order valence-corrected chi connectivity index (χ3v) is 6.62. The second-order valence-electron chi connectivity index (χ2n) is 7.93. The van der Waals surface area contributed by atoms with Crippen LogP contribution in [-0.4, -0.2) is 70.1 Å². The number of aliphatic hydroxyl groups is 1. The Hall–Kier alpha value is -1.19. The van der Waals surface area contributed by atoms with Gasteiger partial charge in [0.25, 0.3) is 0 Å². The highest BCUT2D eigenvalue weighted by molar-refractivity contribution is 7.99. The first-order chi connectivity index (χ1) is 14.4. The minimum atomic E-state index is -0.728. The van der Waals surface area contributed by atoms with Crippen LogP contribution in [0.3, 0.4) is 0 Å². The van der Waals surface area contributed by atoms with Crippen molar-refractivity contribution < 1.29 is 19.3 Å². The highest BCUT2D eigenvalue weighted by Gasteiger charge is 2.57.